The third kappa shape index (κ3) is 5.20. The Bertz CT molecular complexity index is 406. The maximum atomic E-state index is 11.4. The van der Waals surface area contributed by atoms with Gasteiger partial charge in [-0.3, -0.25) is 0 Å². The summed E-state index contributed by atoms with van der Waals surface area (Å²) in [6.45, 7) is 6.60. The fourth-order valence-corrected chi connectivity index (χ4v) is 1.46. The van der Waals surface area contributed by atoms with Gasteiger partial charge in [-0.15, -0.1) is 0 Å². The lowest BCUT2D eigenvalue weighted by Crippen LogP contribution is -2.33. The van der Waals surface area contributed by atoms with Crippen LogP contribution in [0.15, 0.2) is 36.0 Å². The first kappa shape index (κ1) is 13.3. The number of carbonyl (C=O) groups is 1. The van der Waals surface area contributed by atoms with Gasteiger partial charge >= 0.3 is 6.03 Å². The van der Waals surface area contributed by atoms with E-state index in [0.29, 0.717) is 6.54 Å². The van der Waals surface area contributed by atoms with Crippen LogP contribution in [0, 0.1) is 6.92 Å². The largest absolute Gasteiger partial charge is 0.338 e. The Morgan fingerprint density at radius 2 is 2.00 bits per heavy atom. The molecule has 92 valence electrons. The summed E-state index contributed by atoms with van der Waals surface area (Å²) in [5, 5.41) is 5.49. The van der Waals surface area contributed by atoms with E-state index in [1.165, 1.54) is 11.1 Å². The fraction of sp³-hybridized carbons (Fsp3) is 0.357. The van der Waals surface area contributed by atoms with Crippen molar-refractivity contribution in [2.75, 3.05) is 6.54 Å². The molecule has 1 aromatic carbocycles. The smallest absolute Gasteiger partial charge is 0.318 e. The number of benzene rings is 1. The number of hydrogen-bond donors (Lipinski definition) is 2. The van der Waals surface area contributed by atoms with E-state index in [0.717, 1.165) is 12.0 Å². The minimum absolute atomic E-state index is 0.153. The van der Waals surface area contributed by atoms with Crippen LogP contribution < -0.4 is 10.6 Å². The van der Waals surface area contributed by atoms with Crippen molar-refractivity contribution in [3.8, 4) is 0 Å². The number of aryl methyl sites for hydroxylation is 1. The molecule has 0 fully saturated rings. The third-order valence-corrected chi connectivity index (χ3v) is 2.43. The molecule has 0 radical (unpaired) electrons. The highest BCUT2D eigenvalue weighted by molar-refractivity contribution is 5.74. The van der Waals surface area contributed by atoms with Gasteiger partial charge in [-0.2, -0.15) is 0 Å². The molecule has 0 aliphatic carbocycles. The molecule has 0 atom stereocenters. The van der Waals surface area contributed by atoms with Crippen molar-refractivity contribution in [3.05, 3.63) is 47.2 Å². The summed E-state index contributed by atoms with van der Waals surface area (Å²) in [6.07, 6.45) is 2.55. The molecular formula is C14H20N2O. The third-order valence-electron chi connectivity index (χ3n) is 2.43. The molecule has 0 unspecified atom stereocenters. The molecule has 17 heavy (non-hydrogen) atoms. The molecular weight excluding hydrogens is 212 g/mol. The van der Waals surface area contributed by atoms with Crippen molar-refractivity contribution in [2.24, 2.45) is 0 Å². The minimum Gasteiger partial charge on any atom is -0.338 e. The van der Waals surface area contributed by atoms with E-state index in [1.807, 2.05) is 26.0 Å². The number of allylic oxidation sites excluding steroid dienone is 1. The van der Waals surface area contributed by atoms with Crippen LogP contribution in [-0.2, 0) is 6.42 Å². The molecule has 3 heteroatoms. The van der Waals surface area contributed by atoms with Gasteiger partial charge in [0.15, 0.2) is 0 Å². The summed E-state index contributed by atoms with van der Waals surface area (Å²) in [5.74, 6) is 0. The van der Waals surface area contributed by atoms with Crippen molar-refractivity contribution in [1.82, 2.24) is 10.6 Å². The summed E-state index contributed by atoms with van der Waals surface area (Å²) in [5.41, 5.74) is 3.60. The van der Waals surface area contributed by atoms with E-state index in [4.69, 9.17) is 0 Å². The maximum absolute atomic E-state index is 11.4. The highest BCUT2D eigenvalue weighted by atomic mass is 16.2. The number of rotatable bonds is 4. The van der Waals surface area contributed by atoms with E-state index < -0.39 is 0 Å². The van der Waals surface area contributed by atoms with Crippen LogP contribution in [0.4, 0.5) is 4.79 Å². The molecule has 2 N–H and O–H groups in total. The van der Waals surface area contributed by atoms with Gasteiger partial charge in [-0.05, 0) is 38.3 Å². The minimum atomic E-state index is -0.153. The molecule has 0 heterocycles. The van der Waals surface area contributed by atoms with Crippen molar-refractivity contribution >= 4 is 6.03 Å². The lowest BCUT2D eigenvalue weighted by molar-refractivity contribution is 0.244. The Balaban J connectivity index is 2.31. The summed E-state index contributed by atoms with van der Waals surface area (Å²) >= 11 is 0. The van der Waals surface area contributed by atoms with Crippen molar-refractivity contribution in [3.63, 3.8) is 0 Å². The summed E-state index contributed by atoms with van der Waals surface area (Å²) in [6, 6.07) is 8.06. The molecule has 0 spiro atoms. The fourth-order valence-electron chi connectivity index (χ4n) is 1.46. The van der Waals surface area contributed by atoms with Gasteiger partial charge in [0.25, 0.3) is 0 Å². The van der Waals surface area contributed by atoms with E-state index in [-0.39, 0.29) is 6.03 Å². The Kier molecular flexibility index (Phi) is 5.27. The first-order valence-electron chi connectivity index (χ1n) is 5.82. The summed E-state index contributed by atoms with van der Waals surface area (Å²) < 4.78 is 0. The second-order valence-corrected chi connectivity index (χ2v) is 4.30. The average molecular weight is 232 g/mol. The second-order valence-electron chi connectivity index (χ2n) is 4.30. The van der Waals surface area contributed by atoms with Crippen molar-refractivity contribution in [2.45, 2.75) is 27.2 Å². The normalized spacial score (nSPS) is 9.59. The van der Waals surface area contributed by atoms with Gasteiger partial charge in [-0.1, -0.05) is 29.8 Å². The van der Waals surface area contributed by atoms with Crippen LogP contribution in [0.3, 0.4) is 0 Å². The number of nitrogens with one attached hydrogen (secondary N) is 2. The van der Waals surface area contributed by atoms with Gasteiger partial charge in [0.05, 0.1) is 0 Å². The Morgan fingerprint density at radius 3 is 2.65 bits per heavy atom. The number of amides is 2. The van der Waals surface area contributed by atoms with Crippen LogP contribution in [-0.4, -0.2) is 12.6 Å². The molecule has 3 nitrogen and oxygen atoms in total. The zero-order valence-corrected chi connectivity index (χ0v) is 10.7. The number of carbonyl (C=O) groups excluding carboxylic acids is 1. The Hall–Kier alpha value is -1.77. The van der Waals surface area contributed by atoms with Gasteiger partial charge in [-0.25, -0.2) is 4.79 Å². The highest BCUT2D eigenvalue weighted by Crippen LogP contribution is 2.06. The average Bonchev–Trinajstić information content (AvgIpc) is 2.29. The first-order chi connectivity index (χ1) is 8.09. The number of urea groups is 1. The highest BCUT2D eigenvalue weighted by Gasteiger charge is 1.99. The molecule has 0 saturated carbocycles. The van der Waals surface area contributed by atoms with Crippen LogP contribution in [0.5, 0.6) is 0 Å². The molecule has 2 amide bonds. The standard InChI is InChI=1S/C14H20N2O/c1-11(2)10-16-14(17)15-9-8-13-7-5-4-6-12(13)3/h4-7,10H,8-9H2,1-3H3,(H2,15,16,17). The zero-order chi connectivity index (χ0) is 12.7. The lowest BCUT2D eigenvalue weighted by atomic mass is 10.1. The predicted molar refractivity (Wildman–Crippen MR) is 70.8 cm³/mol. The summed E-state index contributed by atoms with van der Waals surface area (Å²) in [4.78, 5) is 11.4. The van der Waals surface area contributed by atoms with Gasteiger partial charge in [0.2, 0.25) is 0 Å². The second kappa shape index (κ2) is 6.74. The van der Waals surface area contributed by atoms with Crippen LogP contribution >= 0.6 is 0 Å². The van der Waals surface area contributed by atoms with Crippen LogP contribution in [0.25, 0.3) is 0 Å². The van der Waals surface area contributed by atoms with Crippen LogP contribution in [0.1, 0.15) is 25.0 Å². The van der Waals surface area contributed by atoms with Gasteiger partial charge in [0, 0.05) is 12.7 Å². The van der Waals surface area contributed by atoms with Crippen LogP contribution in [0.2, 0.25) is 0 Å². The Morgan fingerprint density at radius 1 is 1.29 bits per heavy atom. The molecule has 1 rings (SSSR count). The van der Waals surface area contributed by atoms with E-state index in [2.05, 4.69) is 29.7 Å². The molecule has 0 aromatic heterocycles. The quantitative estimate of drug-likeness (QED) is 0.823. The topological polar surface area (TPSA) is 41.1 Å². The van der Waals surface area contributed by atoms with E-state index in [9.17, 15) is 4.79 Å². The SMILES string of the molecule is CC(C)=CNC(=O)NCCc1ccccc1C. The monoisotopic (exact) mass is 232 g/mol. The molecule has 0 aliphatic heterocycles. The molecule has 0 saturated heterocycles. The predicted octanol–water partition coefficient (Wildman–Crippen LogP) is 2.76. The molecule has 1 aromatic rings. The number of hydrogen-bond acceptors (Lipinski definition) is 1. The van der Waals surface area contributed by atoms with Crippen molar-refractivity contribution in [1.29, 1.82) is 0 Å². The lowest BCUT2D eigenvalue weighted by Gasteiger charge is -2.07. The van der Waals surface area contributed by atoms with E-state index >= 15 is 0 Å². The van der Waals surface area contributed by atoms with E-state index in [1.54, 1.807) is 6.20 Å². The van der Waals surface area contributed by atoms with Crippen molar-refractivity contribution < 1.29 is 4.79 Å². The first-order valence-corrected chi connectivity index (χ1v) is 5.82. The van der Waals surface area contributed by atoms with Gasteiger partial charge < -0.3 is 10.6 Å². The van der Waals surface area contributed by atoms with Gasteiger partial charge in [0.1, 0.15) is 0 Å². The Labute approximate surface area is 103 Å². The maximum Gasteiger partial charge on any atom is 0.318 e. The molecule has 0 bridgehead atoms. The summed E-state index contributed by atoms with van der Waals surface area (Å²) in [7, 11) is 0. The molecule has 0 aliphatic rings. The zero-order valence-electron chi connectivity index (χ0n) is 10.7.